The first kappa shape index (κ1) is 25.7. The first-order valence-corrected chi connectivity index (χ1v) is 10.9. The number of benzene rings is 1. The number of hydrogen-bond acceptors (Lipinski definition) is 5. The fourth-order valence-corrected chi connectivity index (χ4v) is 3.53. The number of fused-ring (bicyclic) bond motifs is 1. The van der Waals surface area contributed by atoms with Crippen molar-refractivity contribution in [3.8, 4) is 5.75 Å². The molecule has 3 rings (SSSR count). The van der Waals surface area contributed by atoms with E-state index in [1.165, 1.54) is 0 Å². The number of aryl methyl sites for hydroxylation is 1. The van der Waals surface area contributed by atoms with Crippen LogP contribution in [0.25, 0.3) is 0 Å². The van der Waals surface area contributed by atoms with Crippen LogP contribution in [0.4, 0.5) is 0 Å². The molecule has 2 atom stereocenters. The molecule has 0 saturated heterocycles. The number of halogens is 2. The van der Waals surface area contributed by atoms with E-state index in [4.69, 9.17) is 26.1 Å². The van der Waals surface area contributed by atoms with E-state index in [0.29, 0.717) is 23.9 Å². The van der Waals surface area contributed by atoms with Crippen molar-refractivity contribution in [1.29, 1.82) is 0 Å². The van der Waals surface area contributed by atoms with E-state index in [0.717, 1.165) is 50.0 Å². The Hall–Kier alpha value is -1.59. The maximum absolute atomic E-state index is 6.22. The van der Waals surface area contributed by atoms with Gasteiger partial charge in [0.2, 0.25) is 0 Å². The third-order valence-electron chi connectivity index (χ3n) is 4.90. The number of nitrogens with one attached hydrogen (secondary N) is 2. The van der Waals surface area contributed by atoms with Gasteiger partial charge in [-0.05, 0) is 31.9 Å². The van der Waals surface area contributed by atoms with Gasteiger partial charge in [-0.1, -0.05) is 30.7 Å². The number of rotatable bonds is 9. The van der Waals surface area contributed by atoms with Gasteiger partial charge in [0.1, 0.15) is 24.3 Å². The van der Waals surface area contributed by atoms with Crippen LogP contribution < -0.4 is 15.4 Å². The SMILES string of the molecule is CCNC(=NCC(CC)Oc1ccccc1Cl)NC1CCc2nc(COC)nn2C1.I. The van der Waals surface area contributed by atoms with Crippen LogP contribution in [0.3, 0.4) is 0 Å². The molecular weight excluding hydrogens is 531 g/mol. The summed E-state index contributed by atoms with van der Waals surface area (Å²) in [7, 11) is 1.66. The molecule has 0 fully saturated rings. The summed E-state index contributed by atoms with van der Waals surface area (Å²) in [4.78, 5) is 9.29. The van der Waals surface area contributed by atoms with Crippen LogP contribution in [0, 0.1) is 0 Å². The average Bonchev–Trinajstić information content (AvgIpc) is 3.14. The van der Waals surface area contributed by atoms with Gasteiger partial charge >= 0.3 is 0 Å². The lowest BCUT2D eigenvalue weighted by Gasteiger charge is -2.25. The zero-order chi connectivity index (χ0) is 21.3. The van der Waals surface area contributed by atoms with Crippen molar-refractivity contribution >= 4 is 41.5 Å². The molecule has 2 unspecified atom stereocenters. The number of nitrogens with zero attached hydrogens (tertiary/aromatic N) is 4. The number of aliphatic imine (C=N–C) groups is 1. The minimum absolute atomic E-state index is 0. The van der Waals surface area contributed by atoms with Gasteiger partial charge < -0.3 is 20.1 Å². The normalized spacial score (nSPS) is 16.8. The lowest BCUT2D eigenvalue weighted by Crippen LogP contribution is -2.47. The topological polar surface area (TPSA) is 85.6 Å². The van der Waals surface area contributed by atoms with Gasteiger partial charge in [0.05, 0.1) is 18.1 Å². The second-order valence-electron chi connectivity index (χ2n) is 7.24. The summed E-state index contributed by atoms with van der Waals surface area (Å²) in [6.45, 7) is 6.66. The molecule has 2 N–H and O–H groups in total. The summed E-state index contributed by atoms with van der Waals surface area (Å²) < 4.78 is 13.2. The maximum atomic E-state index is 6.22. The molecule has 1 aliphatic rings. The Labute approximate surface area is 206 Å². The summed E-state index contributed by atoms with van der Waals surface area (Å²) in [5.41, 5.74) is 0. The van der Waals surface area contributed by atoms with Crippen LogP contribution in [0.5, 0.6) is 5.75 Å². The van der Waals surface area contributed by atoms with Gasteiger partial charge in [-0.25, -0.2) is 14.7 Å². The number of hydrogen-bond donors (Lipinski definition) is 2. The number of aromatic nitrogens is 3. The van der Waals surface area contributed by atoms with Crippen LogP contribution in [0.15, 0.2) is 29.3 Å². The van der Waals surface area contributed by atoms with E-state index in [1.54, 1.807) is 7.11 Å². The Balaban J connectivity index is 0.00000341. The molecule has 0 spiro atoms. The van der Waals surface area contributed by atoms with Crippen molar-refractivity contribution < 1.29 is 9.47 Å². The van der Waals surface area contributed by atoms with Crippen LogP contribution in [-0.2, 0) is 24.3 Å². The summed E-state index contributed by atoms with van der Waals surface area (Å²) >= 11 is 6.22. The predicted molar refractivity (Wildman–Crippen MR) is 134 cm³/mol. The number of guanidine groups is 1. The van der Waals surface area contributed by atoms with Gasteiger partial charge in [0, 0.05) is 26.1 Å². The maximum Gasteiger partial charge on any atom is 0.191 e. The molecule has 31 heavy (non-hydrogen) atoms. The first-order chi connectivity index (χ1) is 14.6. The van der Waals surface area contributed by atoms with E-state index < -0.39 is 0 Å². The summed E-state index contributed by atoms with van der Waals surface area (Å²) in [5.74, 6) is 3.22. The number of methoxy groups -OCH3 is 1. The number of para-hydroxylation sites is 1. The zero-order valence-electron chi connectivity index (χ0n) is 18.3. The van der Waals surface area contributed by atoms with Gasteiger partial charge in [0.25, 0.3) is 0 Å². The fraction of sp³-hybridized carbons (Fsp3) is 0.571. The lowest BCUT2D eigenvalue weighted by molar-refractivity contribution is 0.177. The van der Waals surface area contributed by atoms with E-state index in [-0.39, 0.29) is 36.1 Å². The minimum atomic E-state index is -0.0507. The van der Waals surface area contributed by atoms with E-state index in [2.05, 4.69) is 34.6 Å². The van der Waals surface area contributed by atoms with Crippen molar-refractivity contribution in [1.82, 2.24) is 25.4 Å². The smallest absolute Gasteiger partial charge is 0.191 e. The molecule has 0 aliphatic carbocycles. The van der Waals surface area contributed by atoms with Crippen molar-refractivity contribution in [3.05, 3.63) is 40.9 Å². The third-order valence-corrected chi connectivity index (χ3v) is 5.21. The largest absolute Gasteiger partial charge is 0.487 e. The van der Waals surface area contributed by atoms with Crippen molar-refractivity contribution in [2.75, 3.05) is 20.2 Å². The Morgan fingerprint density at radius 3 is 2.87 bits per heavy atom. The highest BCUT2D eigenvalue weighted by molar-refractivity contribution is 14.0. The Bertz CT molecular complexity index is 847. The molecule has 172 valence electrons. The van der Waals surface area contributed by atoms with Gasteiger partial charge in [-0.3, -0.25) is 0 Å². The van der Waals surface area contributed by atoms with Crippen molar-refractivity contribution in [2.24, 2.45) is 4.99 Å². The Kier molecular flexibility index (Phi) is 10.8. The first-order valence-electron chi connectivity index (χ1n) is 10.5. The minimum Gasteiger partial charge on any atom is -0.487 e. The molecule has 10 heteroatoms. The molecule has 1 aliphatic heterocycles. The Morgan fingerprint density at radius 2 is 2.16 bits per heavy atom. The molecule has 0 amide bonds. The van der Waals surface area contributed by atoms with Crippen molar-refractivity contribution in [2.45, 2.75) is 58.4 Å². The van der Waals surface area contributed by atoms with Crippen LogP contribution >= 0.6 is 35.6 Å². The quantitative estimate of drug-likeness (QED) is 0.277. The lowest BCUT2D eigenvalue weighted by atomic mass is 10.1. The highest BCUT2D eigenvalue weighted by Gasteiger charge is 2.22. The second kappa shape index (κ2) is 13.1. The van der Waals surface area contributed by atoms with Crippen LogP contribution in [-0.4, -0.2) is 53.1 Å². The molecular formula is C21H32ClIN6O2. The monoisotopic (exact) mass is 562 g/mol. The van der Waals surface area contributed by atoms with Gasteiger partial charge in [-0.2, -0.15) is 5.10 Å². The standard InChI is InChI=1S/C21H31ClN6O2.HI/c1-4-16(30-18-9-7-6-8-17(18)22)12-24-21(23-5-2)25-15-10-11-20-26-19(14-29-3)27-28(20)13-15;/h6-9,15-16H,4-5,10-14H2,1-3H3,(H2,23,24,25);1H. The molecule has 0 saturated carbocycles. The molecule has 8 nitrogen and oxygen atoms in total. The average molecular weight is 563 g/mol. The molecule has 0 bridgehead atoms. The molecule has 0 radical (unpaired) electrons. The predicted octanol–water partition coefficient (Wildman–Crippen LogP) is 3.42. The highest BCUT2D eigenvalue weighted by atomic mass is 127. The Morgan fingerprint density at radius 1 is 1.35 bits per heavy atom. The van der Waals surface area contributed by atoms with Gasteiger partial charge in [0.15, 0.2) is 11.8 Å². The van der Waals surface area contributed by atoms with Crippen LogP contribution in [0.1, 0.15) is 38.3 Å². The molecule has 1 aromatic carbocycles. The van der Waals surface area contributed by atoms with Gasteiger partial charge in [-0.15, -0.1) is 24.0 Å². The fourth-order valence-electron chi connectivity index (χ4n) is 3.34. The number of ether oxygens (including phenoxy) is 2. The second-order valence-corrected chi connectivity index (χ2v) is 7.64. The molecule has 2 aromatic rings. The third kappa shape index (κ3) is 7.50. The molecule has 1 aromatic heterocycles. The summed E-state index contributed by atoms with van der Waals surface area (Å²) in [6.07, 6.45) is 2.64. The van der Waals surface area contributed by atoms with Crippen LogP contribution in [0.2, 0.25) is 5.02 Å². The van der Waals surface area contributed by atoms with Crippen molar-refractivity contribution in [3.63, 3.8) is 0 Å². The highest BCUT2D eigenvalue weighted by Crippen LogP contribution is 2.24. The van der Waals surface area contributed by atoms with E-state index >= 15 is 0 Å². The van der Waals surface area contributed by atoms with E-state index in [9.17, 15) is 0 Å². The summed E-state index contributed by atoms with van der Waals surface area (Å²) in [5, 5.41) is 12.0. The van der Waals surface area contributed by atoms with E-state index in [1.807, 2.05) is 28.9 Å². The zero-order valence-corrected chi connectivity index (χ0v) is 21.4. The summed E-state index contributed by atoms with van der Waals surface area (Å²) in [6, 6.07) is 7.76. The molecule has 2 heterocycles.